The van der Waals surface area contributed by atoms with Gasteiger partial charge < -0.3 is 15.5 Å². The van der Waals surface area contributed by atoms with Crippen LogP contribution in [0.5, 0.6) is 0 Å². The van der Waals surface area contributed by atoms with Crippen molar-refractivity contribution in [2.45, 2.75) is 26.3 Å². The maximum atomic E-state index is 11.5. The summed E-state index contributed by atoms with van der Waals surface area (Å²) in [5, 5.41) is 20.1. The van der Waals surface area contributed by atoms with Crippen molar-refractivity contribution in [2.24, 2.45) is 5.92 Å². The van der Waals surface area contributed by atoms with E-state index in [0.717, 1.165) is 0 Å². The minimum absolute atomic E-state index is 0.0296. The Balaban J connectivity index is 4.17. The highest BCUT2D eigenvalue weighted by atomic mass is 16.4. The second-order valence-electron chi connectivity index (χ2n) is 4.55. The number of rotatable bonds is 8. The van der Waals surface area contributed by atoms with Crippen LogP contribution in [0.15, 0.2) is 0 Å². The number of carbonyl (C=O) groups excluding carboxylic acids is 1. The van der Waals surface area contributed by atoms with Crippen LogP contribution in [0.25, 0.3) is 0 Å². The molecule has 6 nitrogen and oxygen atoms in total. The van der Waals surface area contributed by atoms with E-state index in [-0.39, 0.29) is 25.0 Å². The van der Waals surface area contributed by atoms with Crippen molar-refractivity contribution >= 4 is 11.9 Å². The van der Waals surface area contributed by atoms with Crippen molar-refractivity contribution in [1.29, 1.82) is 0 Å². The van der Waals surface area contributed by atoms with E-state index in [0.29, 0.717) is 13.0 Å². The Morgan fingerprint density at radius 3 is 2.35 bits per heavy atom. The summed E-state index contributed by atoms with van der Waals surface area (Å²) in [6.07, 6.45) is 0.408. The largest absolute Gasteiger partial charge is 0.480 e. The molecule has 0 aliphatic carbocycles. The Kier molecular flexibility index (Phi) is 7.49. The van der Waals surface area contributed by atoms with Crippen LogP contribution in [0.4, 0.5) is 0 Å². The van der Waals surface area contributed by atoms with Gasteiger partial charge in [0, 0.05) is 6.54 Å². The number of hydrogen-bond donors (Lipinski definition) is 3. The number of hydrogen-bond acceptors (Lipinski definition) is 4. The molecule has 0 aromatic carbocycles. The van der Waals surface area contributed by atoms with E-state index < -0.39 is 12.0 Å². The number of carboxylic acid groups (broad SMARTS) is 1. The van der Waals surface area contributed by atoms with Crippen molar-refractivity contribution in [3.8, 4) is 0 Å². The predicted octanol–water partition coefficient (Wildman–Crippen LogP) is -0.474. The molecule has 0 aromatic heterocycles. The maximum Gasteiger partial charge on any atom is 0.326 e. The SMILES string of the molecule is CC(C)CC(NC(=O)CN(C)CCO)C(=O)O. The predicted molar refractivity (Wildman–Crippen MR) is 63.6 cm³/mol. The monoisotopic (exact) mass is 246 g/mol. The fourth-order valence-corrected chi connectivity index (χ4v) is 1.43. The van der Waals surface area contributed by atoms with Crippen LogP contribution in [-0.4, -0.2) is 59.8 Å². The maximum absolute atomic E-state index is 11.5. The van der Waals surface area contributed by atoms with Crippen LogP contribution in [-0.2, 0) is 9.59 Å². The van der Waals surface area contributed by atoms with E-state index in [4.69, 9.17) is 10.2 Å². The number of carboxylic acids is 1. The molecule has 0 heterocycles. The highest BCUT2D eigenvalue weighted by Gasteiger charge is 2.21. The van der Waals surface area contributed by atoms with E-state index in [1.807, 2.05) is 13.8 Å². The number of amides is 1. The summed E-state index contributed by atoms with van der Waals surface area (Å²) in [6.45, 7) is 4.25. The van der Waals surface area contributed by atoms with Crippen LogP contribution in [0.1, 0.15) is 20.3 Å². The summed E-state index contributed by atoms with van der Waals surface area (Å²) in [4.78, 5) is 24.1. The average molecular weight is 246 g/mol. The number of carbonyl (C=O) groups is 2. The molecule has 0 aliphatic heterocycles. The van der Waals surface area contributed by atoms with Gasteiger partial charge in [-0.2, -0.15) is 0 Å². The van der Waals surface area contributed by atoms with Gasteiger partial charge in [0.25, 0.3) is 0 Å². The molecule has 0 aromatic rings. The topological polar surface area (TPSA) is 89.9 Å². The summed E-state index contributed by atoms with van der Waals surface area (Å²) in [5.74, 6) is -1.16. The van der Waals surface area contributed by atoms with Gasteiger partial charge in [0.1, 0.15) is 6.04 Å². The third-order valence-electron chi connectivity index (χ3n) is 2.24. The third-order valence-corrected chi connectivity index (χ3v) is 2.24. The zero-order valence-corrected chi connectivity index (χ0v) is 10.6. The molecular formula is C11H22N2O4. The van der Waals surface area contributed by atoms with Crippen molar-refractivity contribution in [3.05, 3.63) is 0 Å². The zero-order valence-electron chi connectivity index (χ0n) is 10.6. The smallest absolute Gasteiger partial charge is 0.326 e. The van der Waals surface area contributed by atoms with E-state index >= 15 is 0 Å². The fourth-order valence-electron chi connectivity index (χ4n) is 1.43. The highest BCUT2D eigenvalue weighted by Crippen LogP contribution is 2.04. The molecule has 0 bridgehead atoms. The molecule has 1 amide bonds. The van der Waals surface area contributed by atoms with Gasteiger partial charge in [-0.1, -0.05) is 13.8 Å². The Hall–Kier alpha value is -1.14. The quantitative estimate of drug-likeness (QED) is 0.538. The van der Waals surface area contributed by atoms with Crippen LogP contribution < -0.4 is 5.32 Å². The van der Waals surface area contributed by atoms with E-state index in [1.54, 1.807) is 11.9 Å². The minimum Gasteiger partial charge on any atom is -0.480 e. The molecule has 0 rings (SSSR count). The lowest BCUT2D eigenvalue weighted by Gasteiger charge is -2.19. The number of nitrogens with one attached hydrogen (secondary N) is 1. The van der Waals surface area contributed by atoms with Gasteiger partial charge in [-0.3, -0.25) is 9.69 Å². The molecule has 0 saturated heterocycles. The van der Waals surface area contributed by atoms with E-state index in [2.05, 4.69) is 5.32 Å². The molecular weight excluding hydrogens is 224 g/mol. The van der Waals surface area contributed by atoms with Crippen LogP contribution in [0.3, 0.4) is 0 Å². The molecule has 3 N–H and O–H groups in total. The lowest BCUT2D eigenvalue weighted by Crippen LogP contribution is -2.45. The first-order chi connectivity index (χ1) is 7.86. The second-order valence-corrected chi connectivity index (χ2v) is 4.55. The number of aliphatic hydroxyl groups excluding tert-OH is 1. The Morgan fingerprint density at radius 1 is 1.35 bits per heavy atom. The van der Waals surface area contributed by atoms with Crippen molar-refractivity contribution in [3.63, 3.8) is 0 Å². The molecule has 100 valence electrons. The molecule has 6 heteroatoms. The van der Waals surface area contributed by atoms with Crippen LogP contribution >= 0.6 is 0 Å². The molecule has 0 aliphatic rings. The normalized spacial score (nSPS) is 12.8. The molecule has 0 fully saturated rings. The Labute approximate surface area is 102 Å². The van der Waals surface area contributed by atoms with Crippen LogP contribution in [0.2, 0.25) is 0 Å². The molecule has 0 radical (unpaired) electrons. The van der Waals surface area contributed by atoms with E-state index in [1.165, 1.54) is 0 Å². The van der Waals surface area contributed by atoms with E-state index in [9.17, 15) is 9.59 Å². The summed E-state index contributed by atoms with van der Waals surface area (Å²) >= 11 is 0. The Morgan fingerprint density at radius 2 is 1.94 bits per heavy atom. The summed E-state index contributed by atoms with van der Waals surface area (Å²) in [5.41, 5.74) is 0. The van der Waals surface area contributed by atoms with Gasteiger partial charge in [-0.05, 0) is 19.4 Å². The summed E-state index contributed by atoms with van der Waals surface area (Å²) in [6, 6.07) is -0.843. The first-order valence-electron chi connectivity index (χ1n) is 5.68. The van der Waals surface area contributed by atoms with Gasteiger partial charge in [0.2, 0.25) is 5.91 Å². The molecule has 0 spiro atoms. The van der Waals surface area contributed by atoms with Gasteiger partial charge in [-0.15, -0.1) is 0 Å². The van der Waals surface area contributed by atoms with Gasteiger partial charge in [-0.25, -0.2) is 4.79 Å². The molecule has 17 heavy (non-hydrogen) atoms. The van der Waals surface area contributed by atoms with Gasteiger partial charge >= 0.3 is 5.97 Å². The van der Waals surface area contributed by atoms with Crippen molar-refractivity contribution in [2.75, 3.05) is 26.7 Å². The number of nitrogens with zero attached hydrogens (tertiary/aromatic N) is 1. The lowest BCUT2D eigenvalue weighted by molar-refractivity contribution is -0.142. The number of aliphatic hydroxyl groups is 1. The zero-order chi connectivity index (χ0) is 13.4. The standard InChI is InChI=1S/C11H22N2O4/c1-8(2)6-9(11(16)17)12-10(15)7-13(3)4-5-14/h8-9,14H,4-7H2,1-3H3,(H,12,15)(H,16,17). The van der Waals surface area contributed by atoms with Crippen molar-refractivity contribution in [1.82, 2.24) is 10.2 Å². The minimum atomic E-state index is -1.02. The molecule has 0 saturated carbocycles. The van der Waals surface area contributed by atoms with Gasteiger partial charge in [0.05, 0.1) is 13.2 Å². The van der Waals surface area contributed by atoms with Crippen molar-refractivity contribution < 1.29 is 19.8 Å². The molecule has 1 unspecified atom stereocenters. The third kappa shape index (κ3) is 7.70. The van der Waals surface area contributed by atoms with Crippen LogP contribution in [0, 0.1) is 5.92 Å². The second kappa shape index (κ2) is 8.03. The van der Waals surface area contributed by atoms with Gasteiger partial charge in [0.15, 0.2) is 0 Å². The lowest BCUT2D eigenvalue weighted by atomic mass is 10.0. The highest BCUT2D eigenvalue weighted by molar-refractivity contribution is 5.84. The number of aliphatic carboxylic acids is 1. The fraction of sp³-hybridized carbons (Fsp3) is 0.818. The number of likely N-dealkylation sites (N-methyl/N-ethyl adjacent to an activating group) is 1. The summed E-state index contributed by atoms with van der Waals surface area (Å²) < 4.78 is 0. The Bertz CT molecular complexity index is 256. The summed E-state index contributed by atoms with van der Waals surface area (Å²) in [7, 11) is 1.69. The first-order valence-corrected chi connectivity index (χ1v) is 5.68. The molecule has 1 atom stereocenters. The first kappa shape index (κ1) is 15.9. The average Bonchev–Trinajstić information content (AvgIpc) is 2.15.